The highest BCUT2D eigenvalue weighted by molar-refractivity contribution is 6.40. The highest BCUT2D eigenvalue weighted by Gasteiger charge is 2.20. The van der Waals surface area contributed by atoms with Gasteiger partial charge in [-0.3, -0.25) is 4.79 Å². The number of aliphatic hydroxyl groups is 2. The average molecular weight is 475 g/mol. The van der Waals surface area contributed by atoms with Crippen LogP contribution in [-0.2, 0) is 4.79 Å². The molecule has 0 aromatic heterocycles. The lowest BCUT2D eigenvalue weighted by molar-refractivity contribution is -0.131. The number of rotatable bonds is 8. The number of carbonyl (C=O) groups excluding carboxylic acids is 1. The molecule has 0 fully saturated rings. The molecule has 0 amide bonds. The molecule has 2 rings (SSSR count). The molecule has 4 N–H and O–H groups in total. The Bertz CT molecular complexity index is 887. The van der Waals surface area contributed by atoms with E-state index < -0.39 is 17.7 Å². The molecule has 0 radical (unpaired) electrons. The van der Waals surface area contributed by atoms with Gasteiger partial charge in [-0.25, -0.2) is 9.59 Å². The molecule has 2 aromatic rings. The number of ketones is 1. The molecule has 34 heavy (non-hydrogen) atoms. The zero-order valence-corrected chi connectivity index (χ0v) is 20.9. The van der Waals surface area contributed by atoms with Crippen LogP contribution in [0.1, 0.15) is 77.4 Å². The summed E-state index contributed by atoms with van der Waals surface area (Å²) < 4.78 is 0. The number of hydrogen-bond acceptors (Lipinski definition) is 5. The molecule has 0 aliphatic heterocycles. The molecule has 188 valence electrons. The molecule has 0 bridgehead atoms. The topological polar surface area (TPSA) is 132 Å². The Morgan fingerprint density at radius 2 is 1.32 bits per heavy atom. The number of Topliss-reactive ketones (excluding diaryl/α,β-unsaturated/α-hetero) is 1. The molecule has 0 aliphatic rings. The van der Waals surface area contributed by atoms with Gasteiger partial charge in [-0.15, -0.1) is 0 Å². The van der Waals surface area contributed by atoms with Crippen LogP contribution in [-0.4, -0.2) is 50.4 Å². The zero-order valence-electron chi connectivity index (χ0n) is 20.9. The maximum absolute atomic E-state index is 11.3. The summed E-state index contributed by atoms with van der Waals surface area (Å²) in [6.07, 6.45) is 2.35. The van der Waals surface area contributed by atoms with Crippen LogP contribution in [0.25, 0.3) is 0 Å². The minimum Gasteiger partial charge on any atom is -0.478 e. The molecule has 2 unspecified atom stereocenters. The molecule has 2 atom stereocenters. The molecule has 2 aromatic carbocycles. The van der Waals surface area contributed by atoms with Gasteiger partial charge in [-0.05, 0) is 64.3 Å². The van der Waals surface area contributed by atoms with Crippen LogP contribution in [0.3, 0.4) is 0 Å². The Balaban J connectivity index is 0.000000493. The van der Waals surface area contributed by atoms with Gasteiger partial charge in [0.05, 0.1) is 17.8 Å². The van der Waals surface area contributed by atoms with Crippen LogP contribution >= 0.6 is 0 Å². The predicted molar refractivity (Wildman–Crippen MR) is 132 cm³/mol. The number of carbonyl (C=O) groups is 3. The minimum atomic E-state index is -1.40. The first kappa shape index (κ1) is 31.0. The first-order valence-corrected chi connectivity index (χ1v) is 11.3. The van der Waals surface area contributed by atoms with Crippen molar-refractivity contribution in [2.45, 2.75) is 73.0 Å². The second-order valence-electron chi connectivity index (χ2n) is 8.37. The summed E-state index contributed by atoms with van der Waals surface area (Å²) in [6.45, 7) is 11.0. The molecule has 0 saturated heterocycles. The summed E-state index contributed by atoms with van der Waals surface area (Å²) in [5.41, 5.74) is 3.10. The number of carboxylic acids is 2. The van der Waals surface area contributed by atoms with Gasteiger partial charge >= 0.3 is 11.9 Å². The van der Waals surface area contributed by atoms with Crippen molar-refractivity contribution in [2.75, 3.05) is 0 Å². The lowest BCUT2D eigenvalue weighted by Gasteiger charge is -2.22. The smallest absolute Gasteiger partial charge is 0.377 e. The summed E-state index contributed by atoms with van der Waals surface area (Å²) in [5.74, 6) is -3.06. The maximum Gasteiger partial charge on any atom is 0.377 e. The van der Waals surface area contributed by atoms with Gasteiger partial charge in [0, 0.05) is 11.5 Å². The second kappa shape index (κ2) is 15.7. The van der Waals surface area contributed by atoms with Crippen LogP contribution in [0.4, 0.5) is 0 Å². The molecule has 0 heterocycles. The fourth-order valence-corrected chi connectivity index (χ4v) is 3.55. The highest BCUT2D eigenvalue weighted by atomic mass is 16.4. The number of benzene rings is 2. The summed E-state index contributed by atoms with van der Waals surface area (Å²) in [5, 5.41) is 35.5. The van der Waals surface area contributed by atoms with Gasteiger partial charge in [0.15, 0.2) is 0 Å². The van der Waals surface area contributed by atoms with E-state index in [0.717, 1.165) is 36.0 Å². The van der Waals surface area contributed by atoms with Gasteiger partial charge in [-0.1, -0.05) is 55.7 Å². The van der Waals surface area contributed by atoms with Crippen molar-refractivity contribution in [3.63, 3.8) is 0 Å². The van der Waals surface area contributed by atoms with Crippen LogP contribution < -0.4 is 0 Å². The summed E-state index contributed by atoms with van der Waals surface area (Å²) in [6, 6.07) is 11.9. The van der Waals surface area contributed by atoms with E-state index in [4.69, 9.17) is 10.2 Å². The van der Waals surface area contributed by atoms with E-state index in [0.29, 0.717) is 11.1 Å². The second-order valence-corrected chi connectivity index (χ2v) is 8.37. The van der Waals surface area contributed by atoms with Crippen LogP contribution in [0.15, 0.2) is 42.5 Å². The summed E-state index contributed by atoms with van der Waals surface area (Å²) in [4.78, 5) is 32.0. The number of aromatic carboxylic acids is 1. The van der Waals surface area contributed by atoms with E-state index >= 15 is 0 Å². The Labute approximate surface area is 202 Å². The highest BCUT2D eigenvalue weighted by Crippen LogP contribution is 2.17. The maximum atomic E-state index is 11.3. The van der Waals surface area contributed by atoms with Crippen molar-refractivity contribution in [3.8, 4) is 0 Å². The molecule has 7 heteroatoms. The molecule has 7 nitrogen and oxygen atoms in total. The third kappa shape index (κ3) is 11.2. The Morgan fingerprint density at radius 3 is 1.65 bits per heavy atom. The summed E-state index contributed by atoms with van der Waals surface area (Å²) >= 11 is 0. The minimum absolute atomic E-state index is 0.0509. The van der Waals surface area contributed by atoms with E-state index in [-0.39, 0.29) is 18.1 Å². The van der Waals surface area contributed by atoms with E-state index in [1.54, 1.807) is 58.0 Å². The predicted octanol–water partition coefficient (Wildman–Crippen LogP) is 4.82. The first-order chi connectivity index (χ1) is 15.8. The molecular weight excluding hydrogens is 436 g/mol. The van der Waals surface area contributed by atoms with E-state index in [1.165, 1.54) is 0 Å². The van der Waals surface area contributed by atoms with Crippen LogP contribution in [0.5, 0.6) is 0 Å². The standard InChI is InChI=1S/C11H12O3.C9H20O2.C7H6O2/c1-6-4-7(2)9(8(3)5-6)10(12)11(13)14;1-4-5-6-9(7(2)10)8(3)11;8-7(9)6-4-2-1-3-5-6/h4-5H,1-3H3,(H,13,14);7-11H,4-6H2,1-3H3;1-5H,(H,8,9). The summed E-state index contributed by atoms with van der Waals surface area (Å²) in [7, 11) is 0. The number of aliphatic carboxylic acids is 1. The lowest BCUT2D eigenvalue weighted by Crippen LogP contribution is -2.27. The number of aryl methyl sites for hydroxylation is 3. The molecule has 0 spiro atoms. The number of carboxylic acid groups (broad SMARTS) is 2. The van der Waals surface area contributed by atoms with Gasteiger partial charge in [0.2, 0.25) is 0 Å². The van der Waals surface area contributed by atoms with Gasteiger partial charge in [-0.2, -0.15) is 0 Å². The van der Waals surface area contributed by atoms with Crippen molar-refractivity contribution in [1.29, 1.82) is 0 Å². The monoisotopic (exact) mass is 474 g/mol. The van der Waals surface area contributed by atoms with Crippen LogP contribution in [0.2, 0.25) is 0 Å². The number of aliphatic hydroxyl groups excluding tert-OH is 2. The van der Waals surface area contributed by atoms with Crippen molar-refractivity contribution in [2.24, 2.45) is 5.92 Å². The zero-order chi connectivity index (χ0) is 26.4. The largest absolute Gasteiger partial charge is 0.478 e. The van der Waals surface area contributed by atoms with E-state index in [1.807, 2.05) is 19.1 Å². The Kier molecular flexibility index (Phi) is 14.3. The Morgan fingerprint density at radius 1 is 0.853 bits per heavy atom. The Hall–Kier alpha value is -3.03. The SMILES string of the molecule is CCCCC(C(C)O)C(C)O.Cc1cc(C)c(C(=O)C(=O)O)c(C)c1.O=C(O)c1ccccc1. The van der Waals surface area contributed by atoms with Gasteiger partial charge < -0.3 is 20.4 Å². The lowest BCUT2D eigenvalue weighted by atomic mass is 9.92. The quantitative estimate of drug-likeness (QED) is 0.318. The van der Waals surface area contributed by atoms with Gasteiger partial charge in [0.25, 0.3) is 5.78 Å². The average Bonchev–Trinajstić information content (AvgIpc) is 2.74. The van der Waals surface area contributed by atoms with Crippen molar-refractivity contribution in [3.05, 3.63) is 70.3 Å². The van der Waals surface area contributed by atoms with Gasteiger partial charge in [0.1, 0.15) is 0 Å². The van der Waals surface area contributed by atoms with Crippen molar-refractivity contribution in [1.82, 2.24) is 0 Å². The number of hydrogen-bond donors (Lipinski definition) is 4. The first-order valence-electron chi connectivity index (χ1n) is 11.3. The third-order valence-corrected chi connectivity index (χ3v) is 5.25. The molecule has 0 saturated carbocycles. The number of unbranched alkanes of at least 4 members (excludes halogenated alkanes) is 1. The van der Waals surface area contributed by atoms with E-state index in [9.17, 15) is 24.6 Å². The fourth-order valence-electron chi connectivity index (χ4n) is 3.55. The van der Waals surface area contributed by atoms with E-state index in [2.05, 4.69) is 6.92 Å². The third-order valence-electron chi connectivity index (χ3n) is 5.25. The van der Waals surface area contributed by atoms with Crippen LogP contribution in [0, 0.1) is 26.7 Å². The molecule has 0 aliphatic carbocycles. The normalized spacial score (nSPS) is 12.7. The fraction of sp³-hybridized carbons (Fsp3) is 0.444. The van der Waals surface area contributed by atoms with Crippen molar-refractivity contribution < 1.29 is 34.8 Å². The van der Waals surface area contributed by atoms with Crippen molar-refractivity contribution >= 4 is 17.7 Å². The molecular formula is C27H38O7.